The largest absolute Gasteiger partial charge is 0.325 e. The van der Waals surface area contributed by atoms with Crippen molar-refractivity contribution >= 4 is 29.0 Å². The number of nitrogens with one attached hydrogen (secondary N) is 2. The van der Waals surface area contributed by atoms with Gasteiger partial charge in [0, 0.05) is 34.8 Å². The lowest BCUT2D eigenvalue weighted by Gasteiger charge is -2.19. The number of pyridine rings is 1. The summed E-state index contributed by atoms with van der Waals surface area (Å²) in [7, 11) is 0. The third-order valence-corrected chi connectivity index (χ3v) is 5.45. The van der Waals surface area contributed by atoms with Crippen LogP contribution in [0.15, 0.2) is 48.7 Å². The number of fused-ring (bicyclic) bond motifs is 1. The van der Waals surface area contributed by atoms with Crippen molar-refractivity contribution in [2.45, 2.75) is 41.5 Å². The lowest BCUT2D eigenvalue weighted by atomic mass is 9.95. The van der Waals surface area contributed by atoms with Gasteiger partial charge in [-0.25, -0.2) is 14.5 Å². The first-order valence-electron chi connectivity index (χ1n) is 11.1. The number of carbonyl (C=O) groups is 2. The Morgan fingerprint density at radius 1 is 0.912 bits per heavy atom. The number of nitrogens with zero attached hydrogens (tertiary/aromatic N) is 4. The molecule has 0 bridgehead atoms. The summed E-state index contributed by atoms with van der Waals surface area (Å²) >= 11 is 0. The van der Waals surface area contributed by atoms with Crippen LogP contribution in [0, 0.1) is 19.3 Å². The fourth-order valence-electron chi connectivity index (χ4n) is 3.47. The molecule has 2 N–H and O–H groups in total. The van der Waals surface area contributed by atoms with E-state index >= 15 is 0 Å². The van der Waals surface area contributed by atoms with E-state index in [1.165, 1.54) is 6.92 Å². The van der Waals surface area contributed by atoms with Gasteiger partial charge in [-0.3, -0.25) is 9.59 Å². The van der Waals surface area contributed by atoms with Crippen molar-refractivity contribution in [2.24, 2.45) is 5.41 Å². The van der Waals surface area contributed by atoms with E-state index < -0.39 is 5.41 Å². The summed E-state index contributed by atoms with van der Waals surface area (Å²) in [5.41, 5.74) is 5.99. The number of hydrogen-bond acceptors (Lipinski definition) is 5. The van der Waals surface area contributed by atoms with Gasteiger partial charge in [-0.05, 0) is 49.7 Å². The number of amides is 2. The second-order valence-electron chi connectivity index (χ2n) is 9.39. The average Bonchev–Trinajstić information content (AvgIpc) is 3.17. The smallest absolute Gasteiger partial charge is 0.229 e. The SMILES string of the molecule is CC(=O)Nc1ccc(-c2ccc3nc(-c4ccc(C)c(NC(=O)C(C)(C)C)c4)cn3n2)c(C)n1. The summed E-state index contributed by atoms with van der Waals surface area (Å²) in [5.74, 6) is 0.304. The molecule has 3 heterocycles. The van der Waals surface area contributed by atoms with Gasteiger partial charge in [0.1, 0.15) is 5.82 Å². The van der Waals surface area contributed by atoms with Gasteiger partial charge >= 0.3 is 0 Å². The quantitative estimate of drug-likeness (QED) is 0.449. The first-order valence-corrected chi connectivity index (χ1v) is 11.1. The van der Waals surface area contributed by atoms with E-state index in [1.807, 2.05) is 77.2 Å². The molecular formula is C26H28N6O2. The van der Waals surface area contributed by atoms with Gasteiger partial charge < -0.3 is 10.6 Å². The number of carbonyl (C=O) groups excluding carboxylic acids is 2. The van der Waals surface area contributed by atoms with Crippen LogP contribution >= 0.6 is 0 Å². The average molecular weight is 457 g/mol. The van der Waals surface area contributed by atoms with Gasteiger partial charge in [-0.2, -0.15) is 5.10 Å². The van der Waals surface area contributed by atoms with Gasteiger partial charge in [-0.1, -0.05) is 32.9 Å². The summed E-state index contributed by atoms with van der Waals surface area (Å²) in [6.45, 7) is 11.0. The minimum atomic E-state index is -0.487. The standard InChI is InChI=1S/C26H28N6O2/c1-15-7-8-18(13-21(15)30-25(34)26(4,5)6)22-14-32-24(29-22)12-10-20(31-32)19-9-11-23(27-16(19)2)28-17(3)33/h7-14H,1-6H3,(H,30,34)(H,27,28,33). The van der Waals surface area contributed by atoms with Crippen molar-refractivity contribution in [2.75, 3.05) is 10.6 Å². The molecular weight excluding hydrogens is 428 g/mol. The van der Waals surface area contributed by atoms with Crippen LogP contribution in [0.1, 0.15) is 39.0 Å². The molecule has 0 saturated carbocycles. The lowest BCUT2D eigenvalue weighted by molar-refractivity contribution is -0.123. The fraction of sp³-hybridized carbons (Fsp3) is 0.269. The Kier molecular flexibility index (Phi) is 5.91. The highest BCUT2D eigenvalue weighted by molar-refractivity contribution is 5.95. The molecule has 0 fully saturated rings. The Morgan fingerprint density at radius 2 is 1.68 bits per heavy atom. The van der Waals surface area contributed by atoms with Crippen molar-refractivity contribution in [3.05, 3.63) is 59.9 Å². The molecule has 0 unspecified atom stereocenters. The molecule has 174 valence electrons. The van der Waals surface area contributed by atoms with Gasteiger partial charge in [0.15, 0.2) is 5.65 Å². The van der Waals surface area contributed by atoms with Gasteiger partial charge in [0.25, 0.3) is 0 Å². The molecule has 0 aliphatic rings. The molecule has 2 amide bonds. The highest BCUT2D eigenvalue weighted by Gasteiger charge is 2.22. The van der Waals surface area contributed by atoms with E-state index in [9.17, 15) is 9.59 Å². The molecule has 0 aliphatic carbocycles. The van der Waals surface area contributed by atoms with Crippen LogP contribution in [0.5, 0.6) is 0 Å². The van der Waals surface area contributed by atoms with Gasteiger partial charge in [-0.15, -0.1) is 0 Å². The van der Waals surface area contributed by atoms with E-state index in [-0.39, 0.29) is 11.8 Å². The van der Waals surface area contributed by atoms with Crippen LogP contribution in [-0.2, 0) is 9.59 Å². The molecule has 4 rings (SSSR count). The number of rotatable bonds is 4. The first kappa shape index (κ1) is 23.1. The van der Waals surface area contributed by atoms with Crippen LogP contribution < -0.4 is 10.6 Å². The highest BCUT2D eigenvalue weighted by atomic mass is 16.2. The number of hydrogen-bond donors (Lipinski definition) is 2. The van der Waals surface area contributed by atoms with Crippen molar-refractivity contribution in [3.63, 3.8) is 0 Å². The van der Waals surface area contributed by atoms with E-state index in [1.54, 1.807) is 10.6 Å². The Morgan fingerprint density at radius 3 is 2.35 bits per heavy atom. The third-order valence-electron chi connectivity index (χ3n) is 5.45. The maximum Gasteiger partial charge on any atom is 0.229 e. The molecule has 0 spiro atoms. The topological polar surface area (TPSA) is 101 Å². The molecule has 0 saturated heterocycles. The van der Waals surface area contributed by atoms with Crippen molar-refractivity contribution in [1.29, 1.82) is 0 Å². The molecule has 0 aliphatic heterocycles. The van der Waals surface area contributed by atoms with E-state index in [4.69, 9.17) is 10.1 Å². The third kappa shape index (κ3) is 4.80. The maximum atomic E-state index is 12.5. The molecule has 8 nitrogen and oxygen atoms in total. The van der Waals surface area contributed by atoms with E-state index in [0.717, 1.165) is 39.5 Å². The summed E-state index contributed by atoms with van der Waals surface area (Å²) in [4.78, 5) is 32.9. The lowest BCUT2D eigenvalue weighted by Crippen LogP contribution is -2.27. The fourth-order valence-corrected chi connectivity index (χ4v) is 3.47. The number of benzene rings is 1. The van der Waals surface area contributed by atoms with Gasteiger partial charge in [0.2, 0.25) is 11.8 Å². The Balaban J connectivity index is 1.66. The van der Waals surface area contributed by atoms with Gasteiger partial charge in [0.05, 0.1) is 17.6 Å². The Hall–Kier alpha value is -4.07. The zero-order valence-corrected chi connectivity index (χ0v) is 20.2. The monoisotopic (exact) mass is 456 g/mol. The highest BCUT2D eigenvalue weighted by Crippen LogP contribution is 2.28. The predicted octanol–water partition coefficient (Wildman–Crippen LogP) is 5.02. The molecule has 8 heteroatoms. The molecule has 0 atom stereocenters. The predicted molar refractivity (Wildman–Crippen MR) is 134 cm³/mol. The zero-order chi connectivity index (χ0) is 24.6. The first-order chi connectivity index (χ1) is 16.0. The maximum absolute atomic E-state index is 12.5. The number of imidazole rings is 1. The van der Waals surface area contributed by atoms with Crippen LogP contribution in [-0.4, -0.2) is 31.4 Å². The summed E-state index contributed by atoms with van der Waals surface area (Å²) in [5, 5.41) is 10.4. The second kappa shape index (κ2) is 8.70. The molecule has 0 radical (unpaired) electrons. The van der Waals surface area contributed by atoms with Crippen LogP contribution in [0.3, 0.4) is 0 Å². The van der Waals surface area contributed by atoms with E-state index in [2.05, 4.69) is 15.6 Å². The summed E-state index contributed by atoms with van der Waals surface area (Å²) < 4.78 is 1.74. The Labute approximate surface area is 198 Å². The zero-order valence-electron chi connectivity index (χ0n) is 20.2. The van der Waals surface area contributed by atoms with Crippen molar-refractivity contribution < 1.29 is 9.59 Å². The molecule has 3 aromatic heterocycles. The minimum absolute atomic E-state index is 0.0393. The Bertz CT molecular complexity index is 1410. The molecule has 4 aromatic rings. The van der Waals surface area contributed by atoms with Crippen LogP contribution in [0.25, 0.3) is 28.2 Å². The van der Waals surface area contributed by atoms with E-state index in [0.29, 0.717) is 11.5 Å². The summed E-state index contributed by atoms with van der Waals surface area (Å²) in [6.07, 6.45) is 1.87. The second-order valence-corrected chi connectivity index (χ2v) is 9.39. The van der Waals surface area contributed by atoms with Crippen LogP contribution in [0.4, 0.5) is 11.5 Å². The van der Waals surface area contributed by atoms with Crippen LogP contribution in [0.2, 0.25) is 0 Å². The number of anilines is 2. The number of aryl methyl sites for hydroxylation is 2. The summed E-state index contributed by atoms with van der Waals surface area (Å²) in [6, 6.07) is 13.4. The minimum Gasteiger partial charge on any atom is -0.325 e. The number of aromatic nitrogens is 4. The molecule has 1 aromatic carbocycles. The van der Waals surface area contributed by atoms with Crippen molar-refractivity contribution in [3.8, 4) is 22.5 Å². The molecule has 34 heavy (non-hydrogen) atoms. The van der Waals surface area contributed by atoms with Crippen molar-refractivity contribution in [1.82, 2.24) is 19.6 Å². The normalized spacial score (nSPS) is 11.5.